The molecule has 2 N–H and O–H groups in total. The smallest absolute Gasteiger partial charge is 0.253 e. The van der Waals surface area contributed by atoms with Crippen LogP contribution in [0.2, 0.25) is 0 Å². The Balaban J connectivity index is 1.46. The molecule has 3 rings (SSSR count). The van der Waals surface area contributed by atoms with Crippen LogP contribution in [0.5, 0.6) is 5.88 Å². The molecule has 7 heteroatoms. The van der Waals surface area contributed by atoms with E-state index in [1.807, 2.05) is 12.1 Å². The summed E-state index contributed by atoms with van der Waals surface area (Å²) in [5, 5.41) is 6.15. The number of carbonyl (C=O) groups excluding carboxylic acids is 1. The molecule has 1 fully saturated rings. The second-order valence-electron chi connectivity index (χ2n) is 5.88. The molecule has 132 valence electrons. The van der Waals surface area contributed by atoms with Crippen LogP contribution in [0.25, 0.3) is 0 Å². The van der Waals surface area contributed by atoms with Crippen LogP contribution in [0.4, 0.5) is 5.82 Å². The first kappa shape index (κ1) is 17.2. The molecule has 2 heterocycles. The quantitative estimate of drug-likeness (QED) is 0.678. The maximum absolute atomic E-state index is 11.9. The number of carbonyl (C=O) groups is 1. The van der Waals surface area contributed by atoms with Gasteiger partial charge >= 0.3 is 0 Å². The maximum atomic E-state index is 11.9. The number of methoxy groups -OCH3 is 1. The van der Waals surface area contributed by atoms with Crippen molar-refractivity contribution in [2.75, 3.05) is 25.6 Å². The zero-order valence-electron chi connectivity index (χ0n) is 14.2. The van der Waals surface area contributed by atoms with Crippen molar-refractivity contribution in [3.8, 4) is 5.88 Å². The van der Waals surface area contributed by atoms with Crippen molar-refractivity contribution in [3.63, 3.8) is 0 Å². The number of pyridine rings is 2. The summed E-state index contributed by atoms with van der Waals surface area (Å²) in [5.74, 6) is 1.23. The molecule has 7 nitrogen and oxygen atoms in total. The molecule has 2 aromatic heterocycles. The Morgan fingerprint density at radius 3 is 2.68 bits per heavy atom. The minimum atomic E-state index is -0.0604. The SMILES string of the molecule is COCCOc1ccc(CNc2ccc(C(=O)NC3CC3)cn2)cn1. The van der Waals surface area contributed by atoms with Gasteiger partial charge in [0.2, 0.25) is 5.88 Å². The Bertz CT molecular complexity index is 684. The van der Waals surface area contributed by atoms with Crippen molar-refractivity contribution in [2.24, 2.45) is 0 Å². The third-order valence-corrected chi connectivity index (χ3v) is 3.75. The van der Waals surface area contributed by atoms with E-state index in [1.165, 1.54) is 0 Å². The van der Waals surface area contributed by atoms with Crippen LogP contribution in [0.15, 0.2) is 36.7 Å². The Hall–Kier alpha value is -2.67. The zero-order chi connectivity index (χ0) is 17.5. The minimum absolute atomic E-state index is 0.0604. The molecule has 2 aromatic rings. The van der Waals surface area contributed by atoms with Gasteiger partial charge in [-0.05, 0) is 30.5 Å². The lowest BCUT2D eigenvalue weighted by Crippen LogP contribution is -2.25. The number of nitrogens with zero attached hydrogens (tertiary/aromatic N) is 2. The van der Waals surface area contributed by atoms with Crippen LogP contribution in [0, 0.1) is 0 Å². The predicted octanol–water partition coefficient (Wildman–Crippen LogP) is 2.01. The summed E-state index contributed by atoms with van der Waals surface area (Å²) in [7, 11) is 1.63. The molecule has 1 aliphatic carbocycles. The first-order chi connectivity index (χ1) is 12.2. The number of nitrogens with one attached hydrogen (secondary N) is 2. The highest BCUT2D eigenvalue weighted by atomic mass is 16.5. The van der Waals surface area contributed by atoms with E-state index in [0.717, 1.165) is 18.4 Å². The predicted molar refractivity (Wildman–Crippen MR) is 93.7 cm³/mol. The number of anilines is 1. The highest BCUT2D eigenvalue weighted by molar-refractivity contribution is 5.94. The van der Waals surface area contributed by atoms with E-state index in [-0.39, 0.29) is 5.91 Å². The molecule has 0 aromatic carbocycles. The summed E-state index contributed by atoms with van der Waals surface area (Å²) in [6, 6.07) is 7.69. The molecular formula is C18H22N4O3. The average molecular weight is 342 g/mol. The summed E-state index contributed by atoms with van der Waals surface area (Å²) in [6.45, 7) is 1.60. The molecule has 0 aliphatic heterocycles. The van der Waals surface area contributed by atoms with E-state index in [9.17, 15) is 4.79 Å². The van der Waals surface area contributed by atoms with Crippen LogP contribution >= 0.6 is 0 Å². The summed E-state index contributed by atoms with van der Waals surface area (Å²) >= 11 is 0. The van der Waals surface area contributed by atoms with Crippen molar-refractivity contribution in [1.29, 1.82) is 0 Å². The number of ether oxygens (including phenoxy) is 2. The van der Waals surface area contributed by atoms with Gasteiger partial charge in [-0.1, -0.05) is 6.07 Å². The molecule has 0 atom stereocenters. The fourth-order valence-electron chi connectivity index (χ4n) is 2.15. The lowest BCUT2D eigenvalue weighted by Gasteiger charge is -2.08. The first-order valence-corrected chi connectivity index (χ1v) is 8.32. The van der Waals surface area contributed by atoms with Gasteiger partial charge < -0.3 is 20.1 Å². The largest absolute Gasteiger partial charge is 0.475 e. The lowest BCUT2D eigenvalue weighted by molar-refractivity contribution is 0.0950. The van der Waals surface area contributed by atoms with E-state index < -0.39 is 0 Å². The number of rotatable bonds is 9. The summed E-state index contributed by atoms with van der Waals surface area (Å²) in [4.78, 5) is 20.4. The van der Waals surface area contributed by atoms with E-state index >= 15 is 0 Å². The molecule has 0 radical (unpaired) electrons. The van der Waals surface area contributed by atoms with Gasteiger partial charge in [-0.25, -0.2) is 9.97 Å². The molecule has 1 amide bonds. The number of hydrogen-bond acceptors (Lipinski definition) is 6. The Kier molecular flexibility index (Phi) is 5.79. The molecule has 0 bridgehead atoms. The average Bonchev–Trinajstić information content (AvgIpc) is 3.46. The molecule has 0 spiro atoms. The molecular weight excluding hydrogens is 320 g/mol. The lowest BCUT2D eigenvalue weighted by atomic mass is 10.2. The van der Waals surface area contributed by atoms with Gasteiger partial charge in [0.1, 0.15) is 12.4 Å². The second-order valence-corrected chi connectivity index (χ2v) is 5.88. The third kappa shape index (κ3) is 5.42. The van der Waals surface area contributed by atoms with Gasteiger partial charge in [0.15, 0.2) is 0 Å². The first-order valence-electron chi connectivity index (χ1n) is 8.32. The van der Waals surface area contributed by atoms with E-state index in [1.54, 1.807) is 31.6 Å². The number of hydrogen-bond donors (Lipinski definition) is 2. The van der Waals surface area contributed by atoms with Gasteiger partial charge in [0.05, 0.1) is 12.2 Å². The Labute approximate surface area is 146 Å². The summed E-state index contributed by atoms with van der Waals surface area (Å²) in [6.07, 6.45) is 5.49. The van der Waals surface area contributed by atoms with Crippen LogP contribution in [0.1, 0.15) is 28.8 Å². The van der Waals surface area contributed by atoms with Crippen LogP contribution in [-0.2, 0) is 11.3 Å². The van der Waals surface area contributed by atoms with Crippen molar-refractivity contribution in [3.05, 3.63) is 47.8 Å². The van der Waals surface area contributed by atoms with Crippen molar-refractivity contribution in [2.45, 2.75) is 25.4 Å². The Morgan fingerprint density at radius 2 is 2.04 bits per heavy atom. The normalized spacial score (nSPS) is 13.3. The van der Waals surface area contributed by atoms with E-state index in [0.29, 0.717) is 43.1 Å². The molecule has 1 aliphatic rings. The van der Waals surface area contributed by atoms with Gasteiger partial charge in [0.25, 0.3) is 5.91 Å². The van der Waals surface area contributed by atoms with Crippen molar-refractivity contribution in [1.82, 2.24) is 15.3 Å². The third-order valence-electron chi connectivity index (χ3n) is 3.75. The van der Waals surface area contributed by atoms with Gasteiger partial charge in [-0.2, -0.15) is 0 Å². The zero-order valence-corrected chi connectivity index (χ0v) is 14.2. The van der Waals surface area contributed by atoms with Gasteiger partial charge in [0, 0.05) is 38.2 Å². The van der Waals surface area contributed by atoms with Gasteiger partial charge in [-0.15, -0.1) is 0 Å². The fourth-order valence-corrected chi connectivity index (χ4v) is 2.15. The summed E-state index contributed by atoms with van der Waals surface area (Å²) in [5.41, 5.74) is 1.59. The van der Waals surface area contributed by atoms with Crippen LogP contribution < -0.4 is 15.4 Å². The van der Waals surface area contributed by atoms with E-state index in [2.05, 4.69) is 20.6 Å². The van der Waals surface area contributed by atoms with E-state index in [4.69, 9.17) is 9.47 Å². The highest BCUT2D eigenvalue weighted by Crippen LogP contribution is 2.19. The number of aromatic nitrogens is 2. The standard InChI is InChI=1S/C18H22N4O3/c1-24-8-9-25-17-7-2-13(11-21-17)10-19-16-6-3-14(12-20-16)18(23)22-15-4-5-15/h2-3,6-7,11-12,15H,4-5,8-10H2,1H3,(H,19,20)(H,22,23). The monoisotopic (exact) mass is 342 g/mol. The van der Waals surface area contributed by atoms with Crippen molar-refractivity contribution < 1.29 is 14.3 Å². The molecule has 1 saturated carbocycles. The second kappa shape index (κ2) is 8.43. The Morgan fingerprint density at radius 1 is 1.16 bits per heavy atom. The van der Waals surface area contributed by atoms with Crippen LogP contribution in [0.3, 0.4) is 0 Å². The summed E-state index contributed by atoms with van der Waals surface area (Å²) < 4.78 is 10.3. The van der Waals surface area contributed by atoms with Crippen LogP contribution in [-0.4, -0.2) is 42.2 Å². The van der Waals surface area contributed by atoms with Crippen molar-refractivity contribution >= 4 is 11.7 Å². The highest BCUT2D eigenvalue weighted by Gasteiger charge is 2.23. The fraction of sp³-hybridized carbons (Fsp3) is 0.389. The topological polar surface area (TPSA) is 85.4 Å². The molecule has 25 heavy (non-hydrogen) atoms. The molecule has 0 unspecified atom stereocenters. The number of amides is 1. The molecule has 0 saturated heterocycles. The van der Waals surface area contributed by atoms with Gasteiger partial charge in [-0.3, -0.25) is 4.79 Å². The maximum Gasteiger partial charge on any atom is 0.253 e. The minimum Gasteiger partial charge on any atom is -0.475 e.